The molecule has 31 heavy (non-hydrogen) atoms. The van der Waals surface area contributed by atoms with E-state index in [1.807, 2.05) is 68.4 Å². The Labute approximate surface area is 184 Å². The van der Waals surface area contributed by atoms with Gasteiger partial charge in [-0.05, 0) is 31.0 Å². The van der Waals surface area contributed by atoms with Crippen LogP contribution in [-0.4, -0.2) is 22.0 Å². The van der Waals surface area contributed by atoms with Crippen LogP contribution >= 0.6 is 11.3 Å². The number of aromatic nitrogens is 2. The van der Waals surface area contributed by atoms with E-state index >= 15 is 0 Å². The molecule has 158 valence electrons. The van der Waals surface area contributed by atoms with Crippen molar-refractivity contribution < 1.29 is 9.59 Å². The predicted octanol–water partition coefficient (Wildman–Crippen LogP) is 4.28. The van der Waals surface area contributed by atoms with Crippen molar-refractivity contribution in [2.24, 2.45) is 0 Å². The number of hydrogen-bond donors (Lipinski definition) is 3. The molecule has 7 heteroatoms. The van der Waals surface area contributed by atoms with Crippen LogP contribution in [0.1, 0.15) is 27.1 Å². The third-order valence-corrected chi connectivity index (χ3v) is 5.99. The van der Waals surface area contributed by atoms with Crippen LogP contribution in [0.15, 0.2) is 54.6 Å². The Morgan fingerprint density at radius 2 is 1.74 bits per heavy atom. The Balaban J connectivity index is 1.36. The highest BCUT2D eigenvalue weighted by molar-refractivity contribution is 7.18. The molecule has 0 unspecified atom stereocenters. The minimum Gasteiger partial charge on any atom is -0.352 e. The molecule has 0 bridgehead atoms. The van der Waals surface area contributed by atoms with Crippen LogP contribution in [0.3, 0.4) is 0 Å². The summed E-state index contributed by atoms with van der Waals surface area (Å²) in [5.41, 5.74) is 4.35. The van der Waals surface area contributed by atoms with Crippen molar-refractivity contribution in [3.05, 3.63) is 81.7 Å². The first-order valence-corrected chi connectivity index (χ1v) is 10.9. The smallest absolute Gasteiger partial charge is 0.229 e. The molecule has 0 spiro atoms. The SMILES string of the molecule is Cc1ccc(CNC(=O)Cc2cc3c(NC(=O)Cc4cccc(C)c4)[nH]nc3s2)cc1. The highest BCUT2D eigenvalue weighted by atomic mass is 32.1. The Morgan fingerprint density at radius 1 is 0.935 bits per heavy atom. The van der Waals surface area contributed by atoms with Crippen molar-refractivity contribution in [1.82, 2.24) is 15.5 Å². The van der Waals surface area contributed by atoms with E-state index in [9.17, 15) is 9.59 Å². The van der Waals surface area contributed by atoms with Crippen molar-refractivity contribution >= 4 is 39.2 Å². The van der Waals surface area contributed by atoms with E-state index in [0.29, 0.717) is 18.8 Å². The van der Waals surface area contributed by atoms with E-state index in [4.69, 9.17) is 0 Å². The molecule has 0 aliphatic heterocycles. The number of aromatic amines is 1. The van der Waals surface area contributed by atoms with Gasteiger partial charge in [-0.2, -0.15) is 5.10 Å². The third-order valence-electron chi connectivity index (χ3n) is 4.96. The lowest BCUT2D eigenvalue weighted by atomic mass is 10.1. The summed E-state index contributed by atoms with van der Waals surface area (Å²) in [7, 11) is 0. The molecule has 0 aliphatic rings. The van der Waals surface area contributed by atoms with E-state index < -0.39 is 0 Å². The largest absolute Gasteiger partial charge is 0.352 e. The van der Waals surface area contributed by atoms with Gasteiger partial charge in [0.2, 0.25) is 11.8 Å². The van der Waals surface area contributed by atoms with Gasteiger partial charge in [0.25, 0.3) is 0 Å². The molecule has 2 amide bonds. The summed E-state index contributed by atoms with van der Waals surface area (Å²) in [5, 5.41) is 13.8. The molecule has 2 aromatic heterocycles. The van der Waals surface area contributed by atoms with Crippen molar-refractivity contribution in [1.29, 1.82) is 0 Å². The number of hydrogen-bond acceptors (Lipinski definition) is 4. The lowest BCUT2D eigenvalue weighted by molar-refractivity contribution is -0.120. The number of carbonyl (C=O) groups excluding carboxylic acids is 2. The minimum absolute atomic E-state index is 0.0431. The number of anilines is 1. The van der Waals surface area contributed by atoms with Crippen LogP contribution in [0.4, 0.5) is 5.82 Å². The molecule has 6 nitrogen and oxygen atoms in total. The topological polar surface area (TPSA) is 86.9 Å². The van der Waals surface area contributed by atoms with Crippen molar-refractivity contribution in [2.45, 2.75) is 33.2 Å². The van der Waals surface area contributed by atoms with E-state index in [1.165, 1.54) is 16.9 Å². The molecule has 0 aliphatic carbocycles. The van der Waals surface area contributed by atoms with Gasteiger partial charge >= 0.3 is 0 Å². The predicted molar refractivity (Wildman–Crippen MR) is 124 cm³/mol. The molecule has 2 heterocycles. The van der Waals surface area contributed by atoms with Gasteiger partial charge in [0.05, 0.1) is 18.2 Å². The molecular formula is C24H24N4O2S. The number of aryl methyl sites for hydroxylation is 2. The second-order valence-corrected chi connectivity index (χ2v) is 8.80. The molecule has 4 rings (SSSR count). The zero-order valence-electron chi connectivity index (χ0n) is 17.5. The zero-order valence-corrected chi connectivity index (χ0v) is 18.3. The Morgan fingerprint density at radius 3 is 2.52 bits per heavy atom. The van der Waals surface area contributed by atoms with Crippen LogP contribution in [-0.2, 0) is 29.0 Å². The number of amides is 2. The van der Waals surface area contributed by atoms with Gasteiger partial charge in [-0.25, -0.2) is 0 Å². The van der Waals surface area contributed by atoms with Crippen LogP contribution < -0.4 is 10.6 Å². The first-order valence-electron chi connectivity index (χ1n) is 10.1. The third kappa shape index (κ3) is 5.38. The average Bonchev–Trinajstić information content (AvgIpc) is 3.28. The van der Waals surface area contributed by atoms with Crippen molar-refractivity contribution in [3.63, 3.8) is 0 Å². The van der Waals surface area contributed by atoms with Gasteiger partial charge in [-0.3, -0.25) is 14.7 Å². The molecule has 0 fully saturated rings. The summed E-state index contributed by atoms with van der Waals surface area (Å²) in [5.74, 6) is 0.411. The maximum atomic E-state index is 12.4. The summed E-state index contributed by atoms with van der Waals surface area (Å²) >= 11 is 1.45. The number of rotatable bonds is 7. The Bertz CT molecular complexity index is 1220. The fourth-order valence-electron chi connectivity index (χ4n) is 3.36. The summed E-state index contributed by atoms with van der Waals surface area (Å²) in [6, 6.07) is 17.9. The highest BCUT2D eigenvalue weighted by Crippen LogP contribution is 2.29. The van der Waals surface area contributed by atoms with Gasteiger partial charge in [-0.15, -0.1) is 11.3 Å². The summed E-state index contributed by atoms with van der Waals surface area (Å²) in [6.07, 6.45) is 0.574. The lowest BCUT2D eigenvalue weighted by Crippen LogP contribution is -2.24. The normalized spacial score (nSPS) is 10.9. The molecule has 2 aromatic carbocycles. The van der Waals surface area contributed by atoms with E-state index in [2.05, 4.69) is 20.8 Å². The molecule has 3 N–H and O–H groups in total. The molecule has 4 aromatic rings. The molecule has 0 saturated carbocycles. The summed E-state index contributed by atoms with van der Waals surface area (Å²) < 4.78 is 0. The quantitative estimate of drug-likeness (QED) is 0.407. The molecule has 0 radical (unpaired) electrons. The van der Waals surface area contributed by atoms with Crippen LogP contribution in [0.25, 0.3) is 10.2 Å². The van der Waals surface area contributed by atoms with Gasteiger partial charge in [0, 0.05) is 11.4 Å². The number of carbonyl (C=O) groups is 2. The average molecular weight is 433 g/mol. The van der Waals surface area contributed by atoms with E-state index in [0.717, 1.165) is 31.8 Å². The highest BCUT2D eigenvalue weighted by Gasteiger charge is 2.14. The van der Waals surface area contributed by atoms with Gasteiger partial charge in [0.1, 0.15) is 10.6 Å². The number of fused-ring (bicyclic) bond motifs is 1. The monoisotopic (exact) mass is 432 g/mol. The van der Waals surface area contributed by atoms with Crippen molar-refractivity contribution in [3.8, 4) is 0 Å². The summed E-state index contributed by atoms with van der Waals surface area (Å²) in [6.45, 7) is 4.54. The first-order chi connectivity index (χ1) is 15.0. The number of benzene rings is 2. The van der Waals surface area contributed by atoms with E-state index in [1.54, 1.807) is 0 Å². The second kappa shape index (κ2) is 9.14. The standard InChI is InChI=1S/C24H24N4O2S/c1-15-6-8-17(9-7-15)14-25-21(29)13-19-12-20-23(27-28-24(20)31-19)26-22(30)11-18-5-3-4-16(2)10-18/h3-10,12H,11,13-14H2,1-2H3,(H,25,29)(H2,26,27,28,30). The minimum atomic E-state index is -0.111. The van der Waals surface area contributed by atoms with Crippen LogP contribution in [0.2, 0.25) is 0 Å². The number of nitrogens with one attached hydrogen (secondary N) is 3. The van der Waals surface area contributed by atoms with Crippen LogP contribution in [0, 0.1) is 13.8 Å². The number of nitrogens with zero attached hydrogens (tertiary/aromatic N) is 1. The first kappa shape index (κ1) is 20.8. The fraction of sp³-hybridized carbons (Fsp3) is 0.208. The Kier molecular flexibility index (Phi) is 6.13. The van der Waals surface area contributed by atoms with Crippen LogP contribution in [0.5, 0.6) is 0 Å². The maximum absolute atomic E-state index is 12.4. The van der Waals surface area contributed by atoms with Gasteiger partial charge in [0.15, 0.2) is 0 Å². The molecule has 0 saturated heterocycles. The lowest BCUT2D eigenvalue weighted by Gasteiger charge is -2.05. The van der Waals surface area contributed by atoms with Gasteiger partial charge < -0.3 is 10.6 Å². The van der Waals surface area contributed by atoms with Gasteiger partial charge in [-0.1, -0.05) is 59.7 Å². The van der Waals surface area contributed by atoms with Crippen molar-refractivity contribution in [2.75, 3.05) is 5.32 Å². The summed E-state index contributed by atoms with van der Waals surface area (Å²) in [4.78, 5) is 26.5. The maximum Gasteiger partial charge on any atom is 0.229 e. The second-order valence-electron chi connectivity index (χ2n) is 7.68. The number of thiophene rings is 1. The fourth-order valence-corrected chi connectivity index (χ4v) is 4.35. The Hall–Kier alpha value is -3.45. The molecular weight excluding hydrogens is 408 g/mol. The number of H-pyrrole nitrogens is 1. The van der Waals surface area contributed by atoms with E-state index in [-0.39, 0.29) is 18.2 Å². The molecule has 0 atom stereocenters. The zero-order chi connectivity index (χ0) is 21.8.